The largest absolute Gasteiger partial charge is 0.455 e. The second-order valence-electron chi connectivity index (χ2n) is 8.05. The number of hydrogen-bond acceptors (Lipinski definition) is 4. The molecule has 27 heavy (non-hydrogen) atoms. The van der Waals surface area contributed by atoms with Crippen LogP contribution in [0.15, 0.2) is 24.3 Å². The monoisotopic (exact) mass is 374 g/mol. The van der Waals surface area contributed by atoms with Crippen LogP contribution in [0.4, 0.5) is 14.9 Å². The molecule has 1 aromatic rings. The van der Waals surface area contributed by atoms with Crippen LogP contribution in [-0.2, 0) is 14.3 Å². The van der Waals surface area contributed by atoms with Crippen LogP contribution >= 0.6 is 0 Å². The molecule has 3 amide bonds. The summed E-state index contributed by atoms with van der Waals surface area (Å²) in [6.45, 7) is -0.508. The van der Waals surface area contributed by atoms with Crippen LogP contribution < -0.4 is 10.6 Å². The first-order chi connectivity index (χ1) is 13.0. The van der Waals surface area contributed by atoms with E-state index in [1.54, 1.807) is 6.07 Å². The van der Waals surface area contributed by atoms with Gasteiger partial charge in [0.25, 0.3) is 5.91 Å². The quantitative estimate of drug-likeness (QED) is 0.793. The van der Waals surface area contributed by atoms with Crippen molar-refractivity contribution < 1.29 is 23.5 Å². The molecule has 144 valence electrons. The van der Waals surface area contributed by atoms with Crippen molar-refractivity contribution in [3.05, 3.63) is 30.1 Å². The number of nitrogens with one attached hydrogen (secondary N) is 2. The van der Waals surface area contributed by atoms with Crippen LogP contribution in [0, 0.1) is 35.4 Å². The summed E-state index contributed by atoms with van der Waals surface area (Å²) in [5.41, 5.74) is -0.0339. The van der Waals surface area contributed by atoms with Gasteiger partial charge in [-0.05, 0) is 67.9 Å². The molecule has 1 aromatic carbocycles. The Kier molecular flexibility index (Phi) is 4.85. The van der Waals surface area contributed by atoms with Gasteiger partial charge in [-0.25, -0.2) is 9.18 Å². The van der Waals surface area contributed by atoms with E-state index in [2.05, 4.69) is 5.32 Å². The minimum absolute atomic E-state index is 0.0339. The summed E-state index contributed by atoms with van der Waals surface area (Å²) >= 11 is 0. The molecule has 4 fully saturated rings. The maximum absolute atomic E-state index is 13.5. The van der Waals surface area contributed by atoms with E-state index in [0.29, 0.717) is 11.8 Å². The summed E-state index contributed by atoms with van der Waals surface area (Å²) in [7, 11) is 0. The zero-order chi connectivity index (χ0) is 19.0. The van der Waals surface area contributed by atoms with E-state index in [9.17, 15) is 18.8 Å². The van der Waals surface area contributed by atoms with Gasteiger partial charge in [-0.3, -0.25) is 14.9 Å². The van der Waals surface area contributed by atoms with E-state index < -0.39 is 24.4 Å². The van der Waals surface area contributed by atoms with Crippen molar-refractivity contribution in [3.63, 3.8) is 0 Å². The summed E-state index contributed by atoms with van der Waals surface area (Å²) < 4.78 is 18.7. The van der Waals surface area contributed by atoms with Gasteiger partial charge in [0.15, 0.2) is 6.61 Å². The fourth-order valence-corrected chi connectivity index (χ4v) is 5.42. The normalized spacial score (nSPS) is 30.6. The highest BCUT2D eigenvalue weighted by molar-refractivity contribution is 6.01. The highest BCUT2D eigenvalue weighted by atomic mass is 19.1. The van der Waals surface area contributed by atoms with Gasteiger partial charge >= 0.3 is 12.0 Å². The number of carbonyl (C=O) groups excluding carboxylic acids is 3. The number of ether oxygens (including phenoxy) is 1. The Hall–Kier alpha value is -2.44. The average Bonchev–Trinajstić information content (AvgIpc) is 2.61. The van der Waals surface area contributed by atoms with Crippen molar-refractivity contribution in [2.75, 3.05) is 11.9 Å². The lowest BCUT2D eigenvalue weighted by Crippen LogP contribution is -2.49. The van der Waals surface area contributed by atoms with Crippen LogP contribution in [0.5, 0.6) is 0 Å². The zero-order valence-electron chi connectivity index (χ0n) is 14.9. The van der Waals surface area contributed by atoms with Gasteiger partial charge in [-0.15, -0.1) is 0 Å². The van der Waals surface area contributed by atoms with E-state index in [0.717, 1.165) is 37.5 Å². The number of rotatable bonds is 4. The lowest BCUT2D eigenvalue weighted by Gasteiger charge is -2.53. The number of urea groups is 1. The highest BCUT2D eigenvalue weighted by Gasteiger charge is 2.51. The number of para-hydroxylation sites is 1. The molecule has 4 saturated carbocycles. The maximum atomic E-state index is 13.5. The van der Waals surface area contributed by atoms with Gasteiger partial charge in [0, 0.05) is 0 Å². The number of amides is 3. The van der Waals surface area contributed by atoms with Crippen molar-refractivity contribution in [1.29, 1.82) is 0 Å². The fourth-order valence-electron chi connectivity index (χ4n) is 5.42. The number of anilines is 1. The molecule has 0 aromatic heterocycles. The Labute approximate surface area is 156 Å². The van der Waals surface area contributed by atoms with Crippen molar-refractivity contribution in [2.24, 2.45) is 29.6 Å². The van der Waals surface area contributed by atoms with Crippen LogP contribution in [0.25, 0.3) is 0 Å². The summed E-state index contributed by atoms with van der Waals surface area (Å²) in [5, 5.41) is 4.29. The molecule has 6 nitrogen and oxygen atoms in total. The molecule has 7 heteroatoms. The lowest BCUT2D eigenvalue weighted by atomic mass is 9.52. The Morgan fingerprint density at radius 3 is 2.26 bits per heavy atom. The van der Waals surface area contributed by atoms with E-state index in [1.165, 1.54) is 24.6 Å². The van der Waals surface area contributed by atoms with Crippen LogP contribution in [0.1, 0.15) is 32.1 Å². The number of halogens is 1. The molecule has 0 spiro atoms. The van der Waals surface area contributed by atoms with E-state index in [-0.39, 0.29) is 17.6 Å². The number of esters is 1. The molecule has 0 saturated heterocycles. The maximum Gasteiger partial charge on any atom is 0.326 e. The Morgan fingerprint density at radius 1 is 1.00 bits per heavy atom. The van der Waals surface area contributed by atoms with E-state index in [4.69, 9.17) is 4.74 Å². The first-order valence-electron chi connectivity index (χ1n) is 9.51. The first kappa shape index (κ1) is 17.9. The molecular weight excluding hydrogens is 351 g/mol. The zero-order valence-corrected chi connectivity index (χ0v) is 14.9. The molecular formula is C20H23FN2O4. The van der Waals surface area contributed by atoms with E-state index >= 15 is 0 Å². The Balaban J connectivity index is 1.25. The van der Waals surface area contributed by atoms with Gasteiger partial charge in [-0.1, -0.05) is 12.1 Å². The van der Waals surface area contributed by atoms with Crippen molar-refractivity contribution in [2.45, 2.75) is 32.1 Å². The van der Waals surface area contributed by atoms with Crippen molar-refractivity contribution in [3.8, 4) is 0 Å². The minimum atomic E-state index is -0.865. The first-order valence-corrected chi connectivity index (χ1v) is 9.51. The molecule has 4 bridgehead atoms. The topological polar surface area (TPSA) is 84.5 Å². The molecule has 4 aliphatic rings. The molecule has 0 unspecified atom stereocenters. The van der Waals surface area contributed by atoms with Crippen LogP contribution in [-0.4, -0.2) is 24.5 Å². The van der Waals surface area contributed by atoms with Crippen LogP contribution in [0.3, 0.4) is 0 Å². The number of imide groups is 1. The van der Waals surface area contributed by atoms with Gasteiger partial charge < -0.3 is 10.1 Å². The third kappa shape index (κ3) is 3.82. The van der Waals surface area contributed by atoms with Gasteiger partial charge in [0.05, 0.1) is 11.6 Å². The molecule has 0 aliphatic heterocycles. The second-order valence-corrected chi connectivity index (χ2v) is 8.05. The second kappa shape index (κ2) is 7.29. The number of hydrogen-bond donors (Lipinski definition) is 2. The van der Waals surface area contributed by atoms with Gasteiger partial charge in [-0.2, -0.15) is 0 Å². The standard InChI is InChI=1S/C20H23FN2O4/c21-15-3-1-2-4-16(15)22-20(26)23-17(24)10-27-19(25)18-13-6-11-5-12(8-13)9-14(18)7-11/h1-4,11-14,18H,5-10H2,(H2,22,23,24,26). The summed E-state index contributed by atoms with van der Waals surface area (Å²) in [6.07, 6.45) is 5.65. The Bertz CT molecular complexity index is 738. The van der Waals surface area contributed by atoms with E-state index in [1.807, 2.05) is 5.32 Å². The molecule has 5 rings (SSSR count). The highest BCUT2D eigenvalue weighted by Crippen LogP contribution is 2.56. The molecule has 2 N–H and O–H groups in total. The average molecular weight is 374 g/mol. The lowest BCUT2D eigenvalue weighted by molar-refractivity contribution is -0.164. The molecule has 4 aliphatic carbocycles. The molecule has 0 atom stereocenters. The molecule has 0 radical (unpaired) electrons. The summed E-state index contributed by atoms with van der Waals surface area (Å²) in [6, 6.07) is 4.77. The summed E-state index contributed by atoms with van der Waals surface area (Å²) in [5.74, 6) is 0.479. The number of benzene rings is 1. The third-order valence-corrected chi connectivity index (χ3v) is 6.22. The summed E-state index contributed by atoms with van der Waals surface area (Å²) in [4.78, 5) is 36.2. The molecule has 0 heterocycles. The van der Waals surface area contributed by atoms with Crippen LogP contribution in [0.2, 0.25) is 0 Å². The van der Waals surface area contributed by atoms with Crippen molar-refractivity contribution >= 4 is 23.6 Å². The van der Waals surface area contributed by atoms with Gasteiger partial charge in [0.2, 0.25) is 0 Å². The third-order valence-electron chi connectivity index (χ3n) is 6.22. The van der Waals surface area contributed by atoms with Crippen molar-refractivity contribution in [1.82, 2.24) is 5.32 Å². The SMILES string of the molecule is O=C(COC(=O)C1C2CC3CC(C2)CC1C3)NC(=O)Nc1ccccc1F. The predicted octanol–water partition coefficient (Wildman–Crippen LogP) is 3.09. The number of carbonyl (C=O) groups is 3. The van der Waals surface area contributed by atoms with Gasteiger partial charge in [0.1, 0.15) is 5.82 Å². The smallest absolute Gasteiger partial charge is 0.326 e. The Morgan fingerprint density at radius 2 is 1.63 bits per heavy atom. The fraction of sp³-hybridized carbons (Fsp3) is 0.550. The predicted molar refractivity (Wildman–Crippen MR) is 95.1 cm³/mol. The minimum Gasteiger partial charge on any atom is -0.455 e.